The zero-order valence-electron chi connectivity index (χ0n) is 14.9. The molecule has 0 saturated heterocycles. The number of aromatic nitrogens is 3. The second kappa shape index (κ2) is 8.85. The van der Waals surface area contributed by atoms with E-state index in [9.17, 15) is 4.79 Å². The number of thiophene rings is 1. The van der Waals surface area contributed by atoms with Gasteiger partial charge in [-0.3, -0.25) is 4.79 Å². The van der Waals surface area contributed by atoms with E-state index in [1.165, 1.54) is 43.9 Å². The second-order valence-corrected chi connectivity index (χ2v) is 8.79. The summed E-state index contributed by atoms with van der Waals surface area (Å²) in [6, 6.07) is 4.07. The van der Waals surface area contributed by atoms with Crippen LogP contribution in [0.1, 0.15) is 46.0 Å². The molecule has 1 fully saturated rings. The predicted octanol–water partition coefficient (Wildman–Crippen LogP) is 4.20. The number of hydrogen-bond acceptors (Lipinski definition) is 5. The summed E-state index contributed by atoms with van der Waals surface area (Å²) in [5.41, 5.74) is 0. The maximum absolute atomic E-state index is 12.4. The Morgan fingerprint density at radius 2 is 2.20 bits per heavy atom. The molecule has 0 radical (unpaired) electrons. The average molecular weight is 379 g/mol. The van der Waals surface area contributed by atoms with E-state index in [0.717, 1.165) is 28.9 Å². The molecule has 25 heavy (non-hydrogen) atoms. The Hall–Kier alpha value is -1.34. The maximum Gasteiger partial charge on any atom is 0.233 e. The lowest BCUT2D eigenvalue weighted by molar-refractivity contribution is -0.120. The largest absolute Gasteiger partial charge is 0.355 e. The number of amides is 1. The van der Waals surface area contributed by atoms with Crippen molar-refractivity contribution in [3.63, 3.8) is 0 Å². The third kappa shape index (κ3) is 4.64. The van der Waals surface area contributed by atoms with Crippen LogP contribution < -0.4 is 5.32 Å². The minimum absolute atomic E-state index is 0.0962. The number of carbonyl (C=O) groups is 1. The molecule has 3 rings (SSSR count). The minimum Gasteiger partial charge on any atom is -0.355 e. The van der Waals surface area contributed by atoms with Crippen LogP contribution in [0, 0.1) is 5.92 Å². The van der Waals surface area contributed by atoms with E-state index in [4.69, 9.17) is 0 Å². The lowest BCUT2D eigenvalue weighted by Gasteiger charge is -2.22. The number of hydrogen-bond donors (Lipinski definition) is 1. The Labute approximate surface area is 157 Å². The molecular weight excluding hydrogens is 352 g/mol. The topological polar surface area (TPSA) is 59.8 Å². The summed E-state index contributed by atoms with van der Waals surface area (Å²) in [6.07, 6.45) is 6.44. The van der Waals surface area contributed by atoms with Gasteiger partial charge in [0.25, 0.3) is 0 Å². The van der Waals surface area contributed by atoms with E-state index in [0.29, 0.717) is 5.92 Å². The van der Waals surface area contributed by atoms with Gasteiger partial charge in [-0.15, -0.1) is 21.5 Å². The first-order chi connectivity index (χ1) is 12.2. The fourth-order valence-corrected chi connectivity index (χ4v) is 4.90. The van der Waals surface area contributed by atoms with Gasteiger partial charge in [-0.05, 0) is 44.1 Å². The quantitative estimate of drug-likeness (QED) is 0.734. The van der Waals surface area contributed by atoms with Gasteiger partial charge in [0.2, 0.25) is 5.91 Å². The molecule has 1 aliphatic rings. The monoisotopic (exact) mass is 378 g/mol. The number of nitrogens with zero attached hydrogens (tertiary/aromatic N) is 3. The van der Waals surface area contributed by atoms with Gasteiger partial charge in [-0.2, -0.15) is 0 Å². The van der Waals surface area contributed by atoms with Crippen molar-refractivity contribution in [2.45, 2.75) is 62.9 Å². The highest BCUT2D eigenvalue weighted by Crippen LogP contribution is 2.29. The van der Waals surface area contributed by atoms with Crippen molar-refractivity contribution in [3.05, 3.63) is 17.5 Å². The van der Waals surface area contributed by atoms with Gasteiger partial charge in [-0.25, -0.2) is 0 Å². The highest BCUT2D eigenvalue weighted by atomic mass is 32.2. The number of nitrogens with one attached hydrogen (secondary N) is 1. The van der Waals surface area contributed by atoms with Crippen LogP contribution in [-0.2, 0) is 11.3 Å². The average Bonchev–Trinajstić information content (AvgIpc) is 3.29. The van der Waals surface area contributed by atoms with Crippen LogP contribution >= 0.6 is 23.1 Å². The highest BCUT2D eigenvalue weighted by Gasteiger charge is 2.21. The molecule has 1 saturated carbocycles. The summed E-state index contributed by atoms with van der Waals surface area (Å²) in [7, 11) is 0. The third-order valence-electron chi connectivity index (χ3n) is 4.72. The van der Waals surface area contributed by atoms with E-state index in [1.54, 1.807) is 11.3 Å². The fraction of sp³-hybridized carbons (Fsp3) is 0.611. The van der Waals surface area contributed by atoms with Crippen molar-refractivity contribution >= 4 is 29.0 Å². The van der Waals surface area contributed by atoms with Crippen LogP contribution in [0.25, 0.3) is 10.7 Å². The molecule has 1 amide bonds. The lowest BCUT2D eigenvalue weighted by Crippen LogP contribution is -2.35. The molecule has 1 unspecified atom stereocenters. The zero-order chi connectivity index (χ0) is 17.6. The van der Waals surface area contributed by atoms with Gasteiger partial charge < -0.3 is 9.88 Å². The Bertz CT molecular complexity index is 677. The van der Waals surface area contributed by atoms with Gasteiger partial charge in [-0.1, -0.05) is 37.1 Å². The van der Waals surface area contributed by atoms with Crippen molar-refractivity contribution in [3.8, 4) is 10.7 Å². The molecule has 0 aromatic carbocycles. The standard InChI is InChI=1S/C18H26N4OS2/c1-3-22-16(15-10-7-11-24-15)20-21-18(22)25-13(2)17(23)19-12-14-8-5-4-6-9-14/h7,10-11,13-14H,3-6,8-9,12H2,1-2H3,(H,19,23). The summed E-state index contributed by atoms with van der Waals surface area (Å²) >= 11 is 3.15. The molecule has 0 spiro atoms. The Morgan fingerprint density at radius 1 is 1.40 bits per heavy atom. The molecule has 1 aliphatic carbocycles. The fourth-order valence-electron chi connectivity index (χ4n) is 3.24. The molecule has 2 heterocycles. The van der Waals surface area contributed by atoms with Gasteiger partial charge in [0, 0.05) is 13.1 Å². The van der Waals surface area contributed by atoms with E-state index in [2.05, 4.69) is 33.1 Å². The summed E-state index contributed by atoms with van der Waals surface area (Å²) in [5, 5.41) is 14.5. The highest BCUT2D eigenvalue weighted by molar-refractivity contribution is 8.00. The first-order valence-corrected chi connectivity index (χ1v) is 10.9. The molecule has 2 aromatic rings. The SMILES string of the molecule is CCn1c(SC(C)C(=O)NCC2CCCCC2)nnc1-c1cccs1. The molecule has 2 aromatic heterocycles. The first-order valence-electron chi connectivity index (χ1n) is 9.10. The third-order valence-corrected chi connectivity index (χ3v) is 6.66. The molecule has 1 N–H and O–H groups in total. The number of rotatable bonds is 7. The summed E-state index contributed by atoms with van der Waals surface area (Å²) in [6.45, 7) is 5.63. The summed E-state index contributed by atoms with van der Waals surface area (Å²) < 4.78 is 2.08. The number of thioether (sulfide) groups is 1. The molecule has 0 bridgehead atoms. The van der Waals surface area contributed by atoms with E-state index >= 15 is 0 Å². The van der Waals surface area contributed by atoms with E-state index in [1.807, 2.05) is 18.4 Å². The smallest absolute Gasteiger partial charge is 0.233 e. The van der Waals surface area contributed by atoms with Crippen molar-refractivity contribution in [2.75, 3.05) is 6.54 Å². The van der Waals surface area contributed by atoms with Gasteiger partial charge in [0.1, 0.15) is 0 Å². The van der Waals surface area contributed by atoms with Crippen LogP contribution in [0.3, 0.4) is 0 Å². The summed E-state index contributed by atoms with van der Waals surface area (Å²) in [5.74, 6) is 1.63. The minimum atomic E-state index is -0.172. The van der Waals surface area contributed by atoms with Gasteiger partial charge in [0.05, 0.1) is 10.1 Å². The van der Waals surface area contributed by atoms with Gasteiger partial charge in [0.15, 0.2) is 11.0 Å². The lowest BCUT2D eigenvalue weighted by atomic mass is 9.89. The Kier molecular flexibility index (Phi) is 6.53. The van der Waals surface area contributed by atoms with Gasteiger partial charge >= 0.3 is 0 Å². The molecule has 5 nitrogen and oxygen atoms in total. The molecular formula is C18H26N4OS2. The van der Waals surface area contributed by atoms with Crippen molar-refractivity contribution in [1.82, 2.24) is 20.1 Å². The first kappa shape index (κ1) is 18.5. The van der Waals surface area contributed by atoms with Crippen LogP contribution in [-0.4, -0.2) is 32.5 Å². The van der Waals surface area contributed by atoms with Crippen molar-refractivity contribution in [2.24, 2.45) is 5.92 Å². The normalized spacial score (nSPS) is 16.7. The molecule has 1 atom stereocenters. The Balaban J connectivity index is 1.58. The zero-order valence-corrected chi connectivity index (χ0v) is 16.5. The Morgan fingerprint density at radius 3 is 2.88 bits per heavy atom. The van der Waals surface area contributed by atoms with Crippen LogP contribution in [0.15, 0.2) is 22.7 Å². The second-order valence-electron chi connectivity index (χ2n) is 6.54. The molecule has 0 aliphatic heterocycles. The van der Waals surface area contributed by atoms with E-state index in [-0.39, 0.29) is 11.2 Å². The summed E-state index contributed by atoms with van der Waals surface area (Å²) in [4.78, 5) is 13.5. The molecule has 136 valence electrons. The van der Waals surface area contributed by atoms with Crippen LogP contribution in [0.2, 0.25) is 0 Å². The van der Waals surface area contributed by atoms with Crippen molar-refractivity contribution in [1.29, 1.82) is 0 Å². The van der Waals surface area contributed by atoms with Crippen molar-refractivity contribution < 1.29 is 4.79 Å². The predicted molar refractivity (Wildman–Crippen MR) is 104 cm³/mol. The number of carbonyl (C=O) groups excluding carboxylic acids is 1. The molecule has 7 heteroatoms. The maximum atomic E-state index is 12.4. The van der Waals surface area contributed by atoms with Crippen LogP contribution in [0.4, 0.5) is 0 Å². The van der Waals surface area contributed by atoms with Crippen LogP contribution in [0.5, 0.6) is 0 Å². The van der Waals surface area contributed by atoms with E-state index < -0.39 is 0 Å².